The first kappa shape index (κ1) is 26.2. The molecule has 0 spiro atoms. The van der Waals surface area contributed by atoms with E-state index in [1.54, 1.807) is 18.2 Å². The van der Waals surface area contributed by atoms with Crippen molar-refractivity contribution >= 4 is 33.7 Å². The number of para-hydroxylation sites is 1. The van der Waals surface area contributed by atoms with E-state index >= 15 is 0 Å². The number of nitrogens with one attached hydrogen (secondary N) is 1. The van der Waals surface area contributed by atoms with Crippen LogP contribution in [0, 0.1) is 6.92 Å². The summed E-state index contributed by atoms with van der Waals surface area (Å²) in [5, 5.41) is 4.38. The second-order valence-corrected chi connectivity index (χ2v) is 9.90. The molecule has 0 aliphatic heterocycles. The summed E-state index contributed by atoms with van der Waals surface area (Å²) in [4.78, 5) is 12.8. The maximum atomic E-state index is 13.4. The SMILES string of the molecule is COc1cccc(/C=N\NC(=O)CN(Cc2ccccc2C)S(=O)(=O)c2ccc(Cl)cc2)c1OC. The van der Waals surface area contributed by atoms with Crippen molar-refractivity contribution in [3.63, 3.8) is 0 Å². The molecule has 0 bridgehead atoms. The Balaban J connectivity index is 1.82. The molecule has 0 heterocycles. The van der Waals surface area contributed by atoms with Crippen molar-refractivity contribution in [3.05, 3.63) is 88.4 Å². The lowest BCUT2D eigenvalue weighted by atomic mass is 10.1. The molecule has 0 radical (unpaired) electrons. The standard InChI is InChI=1S/C25H26ClN3O5S/c1-18-7-4-5-8-20(18)16-29(35(31,32)22-13-11-21(26)12-14-22)17-24(30)28-27-15-19-9-6-10-23(33-2)25(19)34-3/h4-15H,16-17H2,1-3H3,(H,28,30)/b27-15-. The van der Waals surface area contributed by atoms with E-state index < -0.39 is 22.5 Å². The zero-order valence-electron chi connectivity index (χ0n) is 19.6. The van der Waals surface area contributed by atoms with Crippen molar-refractivity contribution in [2.75, 3.05) is 20.8 Å². The van der Waals surface area contributed by atoms with Gasteiger partial charge in [-0.3, -0.25) is 4.79 Å². The van der Waals surface area contributed by atoms with Crippen LogP contribution in [0.3, 0.4) is 0 Å². The van der Waals surface area contributed by atoms with Crippen molar-refractivity contribution in [2.45, 2.75) is 18.4 Å². The summed E-state index contributed by atoms with van der Waals surface area (Å²) < 4.78 is 38.5. The number of rotatable bonds is 10. The zero-order valence-corrected chi connectivity index (χ0v) is 21.1. The van der Waals surface area contributed by atoms with E-state index in [0.29, 0.717) is 22.1 Å². The molecule has 0 aromatic heterocycles. The number of benzene rings is 3. The third kappa shape index (κ3) is 6.60. The first-order valence-corrected chi connectivity index (χ1v) is 12.4. The van der Waals surface area contributed by atoms with Gasteiger partial charge in [0.05, 0.1) is 31.9 Å². The highest BCUT2D eigenvalue weighted by molar-refractivity contribution is 7.89. The largest absolute Gasteiger partial charge is 0.493 e. The number of carbonyl (C=O) groups is 1. The number of sulfonamides is 1. The molecule has 3 rings (SSSR count). The highest BCUT2D eigenvalue weighted by Crippen LogP contribution is 2.29. The van der Waals surface area contributed by atoms with Crippen molar-refractivity contribution < 1.29 is 22.7 Å². The molecule has 8 nitrogen and oxygen atoms in total. The molecular weight excluding hydrogens is 490 g/mol. The molecule has 0 aliphatic carbocycles. The summed E-state index contributed by atoms with van der Waals surface area (Å²) in [6.07, 6.45) is 1.40. The van der Waals surface area contributed by atoms with E-state index in [-0.39, 0.29) is 11.4 Å². The van der Waals surface area contributed by atoms with Crippen LogP contribution in [0.5, 0.6) is 11.5 Å². The topological polar surface area (TPSA) is 97.3 Å². The first-order chi connectivity index (χ1) is 16.8. The quantitative estimate of drug-likeness (QED) is 0.325. The van der Waals surface area contributed by atoms with Gasteiger partial charge in [-0.25, -0.2) is 13.8 Å². The minimum atomic E-state index is -4.00. The molecule has 35 heavy (non-hydrogen) atoms. The summed E-state index contributed by atoms with van der Waals surface area (Å²) in [5.74, 6) is 0.370. The minimum Gasteiger partial charge on any atom is -0.493 e. The van der Waals surface area contributed by atoms with Crippen LogP contribution in [0.15, 0.2) is 76.7 Å². The summed E-state index contributed by atoms with van der Waals surface area (Å²) >= 11 is 5.92. The van der Waals surface area contributed by atoms with Gasteiger partial charge < -0.3 is 9.47 Å². The Morgan fingerprint density at radius 1 is 1.03 bits per heavy atom. The molecule has 0 atom stereocenters. The van der Waals surface area contributed by atoms with Gasteiger partial charge in [0, 0.05) is 17.1 Å². The van der Waals surface area contributed by atoms with Crippen LogP contribution in [0.25, 0.3) is 0 Å². The van der Waals surface area contributed by atoms with Crippen molar-refractivity contribution in [2.24, 2.45) is 5.10 Å². The van der Waals surface area contributed by atoms with Gasteiger partial charge in [0.25, 0.3) is 5.91 Å². The Kier molecular flexibility index (Phi) is 8.86. The molecule has 0 fully saturated rings. The Morgan fingerprint density at radius 3 is 2.40 bits per heavy atom. The maximum Gasteiger partial charge on any atom is 0.255 e. The fourth-order valence-electron chi connectivity index (χ4n) is 3.34. The predicted molar refractivity (Wildman–Crippen MR) is 136 cm³/mol. The molecule has 10 heteroatoms. The molecule has 184 valence electrons. The van der Waals surface area contributed by atoms with Crippen molar-refractivity contribution in [1.29, 1.82) is 0 Å². The summed E-state index contributed by atoms with van der Waals surface area (Å²) in [6, 6.07) is 18.4. The van der Waals surface area contributed by atoms with Crippen molar-refractivity contribution in [1.82, 2.24) is 9.73 Å². The molecule has 1 N–H and O–H groups in total. The van der Waals surface area contributed by atoms with Crippen LogP contribution < -0.4 is 14.9 Å². The van der Waals surface area contributed by atoms with Gasteiger partial charge in [-0.2, -0.15) is 9.41 Å². The van der Waals surface area contributed by atoms with Crippen LogP contribution in [0.2, 0.25) is 5.02 Å². The van der Waals surface area contributed by atoms with Crippen LogP contribution >= 0.6 is 11.6 Å². The highest BCUT2D eigenvalue weighted by atomic mass is 35.5. The summed E-state index contributed by atoms with van der Waals surface area (Å²) in [5.41, 5.74) is 4.66. The van der Waals surface area contributed by atoms with Gasteiger partial charge in [0.15, 0.2) is 11.5 Å². The fraction of sp³-hybridized carbons (Fsp3) is 0.200. The van der Waals surface area contributed by atoms with Crippen LogP contribution in [0.1, 0.15) is 16.7 Å². The number of hydrazone groups is 1. The first-order valence-electron chi connectivity index (χ1n) is 10.6. The Bertz CT molecular complexity index is 1310. The number of nitrogens with zero attached hydrogens (tertiary/aromatic N) is 2. The van der Waals surface area contributed by atoms with Gasteiger partial charge in [0.1, 0.15) is 0 Å². The van der Waals surface area contributed by atoms with E-state index in [2.05, 4.69) is 10.5 Å². The number of ether oxygens (including phenoxy) is 2. The van der Waals surface area contributed by atoms with E-state index in [4.69, 9.17) is 21.1 Å². The maximum absolute atomic E-state index is 13.4. The molecule has 0 saturated carbocycles. The second kappa shape index (κ2) is 11.8. The van der Waals surface area contributed by atoms with E-state index in [0.717, 1.165) is 15.4 Å². The number of halogens is 1. The fourth-order valence-corrected chi connectivity index (χ4v) is 4.84. The molecule has 3 aromatic rings. The molecule has 0 unspecified atom stereocenters. The minimum absolute atomic E-state index is 0.0124. The highest BCUT2D eigenvalue weighted by Gasteiger charge is 2.27. The number of hydrogen-bond acceptors (Lipinski definition) is 6. The van der Waals surface area contributed by atoms with E-state index in [9.17, 15) is 13.2 Å². The monoisotopic (exact) mass is 515 g/mol. The van der Waals surface area contributed by atoms with Gasteiger partial charge in [0.2, 0.25) is 10.0 Å². The second-order valence-electron chi connectivity index (χ2n) is 7.53. The number of carbonyl (C=O) groups excluding carboxylic acids is 1. The molecule has 1 amide bonds. The lowest BCUT2D eigenvalue weighted by Crippen LogP contribution is -2.39. The molecule has 0 aliphatic rings. The normalized spacial score (nSPS) is 11.6. The van der Waals surface area contributed by atoms with Gasteiger partial charge in [-0.1, -0.05) is 41.9 Å². The Labute approximate surface area is 210 Å². The third-order valence-corrected chi connectivity index (χ3v) is 7.26. The lowest BCUT2D eigenvalue weighted by molar-refractivity contribution is -0.121. The average molecular weight is 516 g/mol. The van der Waals surface area contributed by atoms with Crippen LogP contribution in [-0.4, -0.2) is 45.6 Å². The third-order valence-electron chi connectivity index (χ3n) is 5.21. The van der Waals surface area contributed by atoms with Gasteiger partial charge >= 0.3 is 0 Å². The molecule has 3 aromatic carbocycles. The van der Waals surface area contributed by atoms with Gasteiger partial charge in [-0.05, 0) is 54.4 Å². The summed E-state index contributed by atoms with van der Waals surface area (Å²) in [6.45, 7) is 1.46. The zero-order chi connectivity index (χ0) is 25.4. The Hall–Kier alpha value is -3.40. The smallest absolute Gasteiger partial charge is 0.255 e. The van der Waals surface area contributed by atoms with E-state index in [1.165, 1.54) is 44.7 Å². The average Bonchev–Trinajstić information content (AvgIpc) is 2.85. The summed E-state index contributed by atoms with van der Waals surface area (Å²) in [7, 11) is -0.982. The lowest BCUT2D eigenvalue weighted by Gasteiger charge is -2.22. The number of aryl methyl sites for hydroxylation is 1. The van der Waals surface area contributed by atoms with Gasteiger partial charge in [-0.15, -0.1) is 0 Å². The Morgan fingerprint density at radius 2 is 1.74 bits per heavy atom. The predicted octanol–water partition coefficient (Wildman–Crippen LogP) is 4.01. The van der Waals surface area contributed by atoms with Crippen molar-refractivity contribution in [3.8, 4) is 11.5 Å². The van der Waals surface area contributed by atoms with Crippen LogP contribution in [-0.2, 0) is 21.4 Å². The van der Waals surface area contributed by atoms with E-state index in [1.807, 2.05) is 31.2 Å². The number of methoxy groups -OCH3 is 2. The number of hydrogen-bond donors (Lipinski definition) is 1. The molecular formula is C25H26ClN3O5S. The molecule has 0 saturated heterocycles. The van der Waals surface area contributed by atoms with Crippen LogP contribution in [0.4, 0.5) is 0 Å². The number of amides is 1.